The number of anilines is 2. The lowest BCUT2D eigenvalue weighted by Crippen LogP contribution is -2.28. The van der Waals surface area contributed by atoms with Gasteiger partial charge in [0.2, 0.25) is 5.91 Å². The molecule has 7 nitrogen and oxygen atoms in total. The SMILES string of the molecule is NC(=O)Nc1cccc(C(=O)NCc2cccc(NC(=O)C3CCC3)c2)c1. The van der Waals surface area contributed by atoms with Crippen molar-refractivity contribution in [1.29, 1.82) is 0 Å². The van der Waals surface area contributed by atoms with E-state index in [-0.39, 0.29) is 17.7 Å². The number of hydrogen-bond acceptors (Lipinski definition) is 3. The van der Waals surface area contributed by atoms with Crippen LogP contribution in [0.15, 0.2) is 48.5 Å². The van der Waals surface area contributed by atoms with Gasteiger partial charge in [0.25, 0.3) is 5.91 Å². The molecule has 2 aromatic rings. The minimum atomic E-state index is -0.687. The van der Waals surface area contributed by atoms with Gasteiger partial charge in [0, 0.05) is 29.4 Å². The summed E-state index contributed by atoms with van der Waals surface area (Å²) in [7, 11) is 0. The molecule has 0 aromatic heterocycles. The van der Waals surface area contributed by atoms with Gasteiger partial charge in [-0.25, -0.2) is 4.79 Å². The number of urea groups is 1. The first kappa shape index (κ1) is 18.4. The van der Waals surface area contributed by atoms with E-state index in [0.29, 0.717) is 17.8 Å². The maximum atomic E-state index is 12.3. The van der Waals surface area contributed by atoms with Crippen molar-refractivity contribution in [3.05, 3.63) is 59.7 Å². The number of amides is 4. The zero-order valence-electron chi connectivity index (χ0n) is 14.8. The van der Waals surface area contributed by atoms with Crippen LogP contribution >= 0.6 is 0 Å². The number of carbonyl (C=O) groups excluding carboxylic acids is 3. The van der Waals surface area contributed by atoms with Crippen molar-refractivity contribution in [2.75, 3.05) is 10.6 Å². The molecule has 4 amide bonds. The van der Waals surface area contributed by atoms with Gasteiger partial charge in [-0.2, -0.15) is 0 Å². The van der Waals surface area contributed by atoms with Crippen LogP contribution in [0, 0.1) is 5.92 Å². The van der Waals surface area contributed by atoms with E-state index >= 15 is 0 Å². The van der Waals surface area contributed by atoms with E-state index in [1.54, 1.807) is 24.3 Å². The molecule has 0 bridgehead atoms. The van der Waals surface area contributed by atoms with Gasteiger partial charge in [-0.1, -0.05) is 24.6 Å². The number of rotatable bonds is 6. The average Bonchev–Trinajstić information content (AvgIpc) is 2.58. The maximum Gasteiger partial charge on any atom is 0.316 e. The van der Waals surface area contributed by atoms with Crippen LogP contribution in [0.4, 0.5) is 16.2 Å². The Bertz CT molecular complexity index is 862. The van der Waals surface area contributed by atoms with Crippen molar-refractivity contribution in [1.82, 2.24) is 5.32 Å². The van der Waals surface area contributed by atoms with Gasteiger partial charge in [-0.05, 0) is 48.7 Å². The number of nitrogens with two attached hydrogens (primary N) is 1. The first-order valence-electron chi connectivity index (χ1n) is 8.86. The number of carbonyl (C=O) groups is 3. The largest absolute Gasteiger partial charge is 0.351 e. The fourth-order valence-corrected chi connectivity index (χ4v) is 2.84. The fourth-order valence-electron chi connectivity index (χ4n) is 2.84. The lowest BCUT2D eigenvalue weighted by Gasteiger charge is -2.24. The van der Waals surface area contributed by atoms with Gasteiger partial charge in [0.15, 0.2) is 0 Å². The molecule has 0 heterocycles. The zero-order chi connectivity index (χ0) is 19.2. The Hall–Kier alpha value is -3.35. The summed E-state index contributed by atoms with van der Waals surface area (Å²) in [5.74, 6) is -0.0946. The second kappa shape index (κ2) is 8.35. The Morgan fingerprint density at radius 1 is 0.963 bits per heavy atom. The van der Waals surface area contributed by atoms with Crippen LogP contribution in [0.2, 0.25) is 0 Å². The van der Waals surface area contributed by atoms with E-state index < -0.39 is 6.03 Å². The molecule has 7 heteroatoms. The van der Waals surface area contributed by atoms with Crippen molar-refractivity contribution in [3.8, 4) is 0 Å². The highest BCUT2D eigenvalue weighted by Gasteiger charge is 2.25. The maximum absolute atomic E-state index is 12.3. The van der Waals surface area contributed by atoms with Crippen molar-refractivity contribution in [3.63, 3.8) is 0 Å². The second-order valence-electron chi connectivity index (χ2n) is 6.57. The zero-order valence-corrected chi connectivity index (χ0v) is 14.8. The molecule has 1 aliphatic rings. The molecule has 5 N–H and O–H groups in total. The van der Waals surface area contributed by atoms with E-state index in [4.69, 9.17) is 5.73 Å². The van der Waals surface area contributed by atoms with Crippen LogP contribution in [-0.2, 0) is 11.3 Å². The Labute approximate surface area is 157 Å². The molecule has 3 rings (SSSR count). The van der Waals surface area contributed by atoms with Crippen molar-refractivity contribution in [2.24, 2.45) is 11.7 Å². The molecule has 140 valence electrons. The smallest absolute Gasteiger partial charge is 0.316 e. The van der Waals surface area contributed by atoms with Crippen molar-refractivity contribution < 1.29 is 14.4 Å². The van der Waals surface area contributed by atoms with E-state index in [2.05, 4.69) is 16.0 Å². The lowest BCUT2D eigenvalue weighted by atomic mass is 9.85. The number of primary amides is 1. The molecule has 2 aromatic carbocycles. The fraction of sp³-hybridized carbons (Fsp3) is 0.250. The Balaban J connectivity index is 1.57. The first-order chi connectivity index (χ1) is 13.0. The molecule has 0 aliphatic heterocycles. The molecule has 0 atom stereocenters. The minimum Gasteiger partial charge on any atom is -0.351 e. The monoisotopic (exact) mass is 366 g/mol. The number of benzene rings is 2. The Morgan fingerprint density at radius 3 is 2.33 bits per heavy atom. The molecule has 0 saturated heterocycles. The number of hydrogen-bond donors (Lipinski definition) is 4. The molecule has 1 aliphatic carbocycles. The van der Waals surface area contributed by atoms with Gasteiger partial charge in [-0.3, -0.25) is 9.59 Å². The summed E-state index contributed by atoms with van der Waals surface area (Å²) in [6, 6.07) is 13.2. The Morgan fingerprint density at radius 2 is 1.67 bits per heavy atom. The summed E-state index contributed by atoms with van der Waals surface area (Å²) >= 11 is 0. The molecular formula is C20H22N4O3. The first-order valence-corrected chi connectivity index (χ1v) is 8.86. The van der Waals surface area contributed by atoms with Gasteiger partial charge in [0.1, 0.15) is 0 Å². The predicted octanol–water partition coefficient (Wildman–Crippen LogP) is 2.85. The van der Waals surface area contributed by atoms with Crippen molar-refractivity contribution in [2.45, 2.75) is 25.8 Å². The van der Waals surface area contributed by atoms with Gasteiger partial charge < -0.3 is 21.7 Å². The van der Waals surface area contributed by atoms with Gasteiger partial charge in [0.05, 0.1) is 0 Å². The van der Waals surface area contributed by atoms with E-state index in [9.17, 15) is 14.4 Å². The topological polar surface area (TPSA) is 113 Å². The van der Waals surface area contributed by atoms with Crippen LogP contribution in [0.5, 0.6) is 0 Å². The molecule has 1 fully saturated rings. The third-order valence-corrected chi connectivity index (χ3v) is 4.52. The molecule has 1 saturated carbocycles. The van der Waals surface area contributed by atoms with Crippen LogP contribution in [0.1, 0.15) is 35.2 Å². The van der Waals surface area contributed by atoms with Crippen LogP contribution < -0.4 is 21.7 Å². The van der Waals surface area contributed by atoms with Crippen LogP contribution in [-0.4, -0.2) is 17.8 Å². The third kappa shape index (κ3) is 5.07. The predicted molar refractivity (Wildman–Crippen MR) is 103 cm³/mol. The minimum absolute atomic E-state index is 0.0567. The molecule has 0 unspecified atom stereocenters. The van der Waals surface area contributed by atoms with Crippen LogP contribution in [0.3, 0.4) is 0 Å². The molecular weight excluding hydrogens is 344 g/mol. The molecule has 27 heavy (non-hydrogen) atoms. The summed E-state index contributed by atoms with van der Waals surface area (Å²) in [6.07, 6.45) is 3.01. The summed E-state index contributed by atoms with van der Waals surface area (Å²) < 4.78 is 0. The number of nitrogens with one attached hydrogen (secondary N) is 3. The van der Waals surface area contributed by atoms with E-state index in [1.165, 1.54) is 0 Å². The highest BCUT2D eigenvalue weighted by Crippen LogP contribution is 2.27. The normalized spacial score (nSPS) is 13.3. The van der Waals surface area contributed by atoms with E-state index in [1.807, 2.05) is 24.3 Å². The Kier molecular flexibility index (Phi) is 5.71. The highest BCUT2D eigenvalue weighted by atomic mass is 16.2. The average molecular weight is 366 g/mol. The second-order valence-corrected chi connectivity index (χ2v) is 6.57. The summed E-state index contributed by atoms with van der Waals surface area (Å²) in [6.45, 7) is 0.319. The summed E-state index contributed by atoms with van der Waals surface area (Å²) in [4.78, 5) is 35.3. The quantitative estimate of drug-likeness (QED) is 0.630. The van der Waals surface area contributed by atoms with Gasteiger partial charge >= 0.3 is 6.03 Å². The van der Waals surface area contributed by atoms with Crippen molar-refractivity contribution >= 4 is 29.2 Å². The van der Waals surface area contributed by atoms with Crippen LogP contribution in [0.25, 0.3) is 0 Å². The van der Waals surface area contributed by atoms with Gasteiger partial charge in [-0.15, -0.1) is 0 Å². The molecule has 0 spiro atoms. The standard InChI is InChI=1S/C20H22N4O3/c21-20(27)24-17-9-3-7-15(11-17)18(25)22-12-13-4-1-8-16(10-13)23-19(26)14-5-2-6-14/h1,3-4,7-11,14H,2,5-6,12H2,(H,22,25)(H,23,26)(H3,21,24,27). The lowest BCUT2D eigenvalue weighted by molar-refractivity contribution is -0.122. The third-order valence-electron chi connectivity index (χ3n) is 4.52. The highest BCUT2D eigenvalue weighted by molar-refractivity contribution is 5.96. The molecule has 0 radical (unpaired) electrons. The van der Waals surface area contributed by atoms with E-state index in [0.717, 1.165) is 30.5 Å². The summed E-state index contributed by atoms with van der Waals surface area (Å²) in [5, 5.41) is 8.19. The summed E-state index contributed by atoms with van der Waals surface area (Å²) in [5.41, 5.74) is 7.56.